The van der Waals surface area contributed by atoms with Gasteiger partial charge in [0.1, 0.15) is 13.2 Å². The van der Waals surface area contributed by atoms with Crippen molar-refractivity contribution in [1.29, 1.82) is 0 Å². The lowest BCUT2D eigenvalue weighted by molar-refractivity contribution is -0.167. The average Bonchev–Trinajstić information content (AvgIpc) is 3.50. The summed E-state index contributed by atoms with van der Waals surface area (Å²) in [6, 6.07) is 0. The molecule has 0 aromatic rings. The number of esters is 3. The van der Waals surface area contributed by atoms with E-state index in [0.29, 0.717) is 19.3 Å². The Kier molecular flexibility index (Phi) is 67.7. The van der Waals surface area contributed by atoms with Crippen LogP contribution in [0.2, 0.25) is 0 Å². The summed E-state index contributed by atoms with van der Waals surface area (Å²) in [5.41, 5.74) is 0. The Morgan fingerprint density at radius 3 is 0.735 bits per heavy atom. The van der Waals surface area contributed by atoms with E-state index in [9.17, 15) is 14.4 Å². The normalized spacial score (nSPS) is 12.7. The highest BCUT2D eigenvalue weighted by molar-refractivity contribution is 5.71. The van der Waals surface area contributed by atoms with Gasteiger partial charge in [-0.1, -0.05) is 349 Å². The molecule has 478 valence electrons. The molecule has 0 aromatic carbocycles. The third kappa shape index (κ3) is 69.0. The summed E-state index contributed by atoms with van der Waals surface area (Å²) >= 11 is 0. The molecule has 0 fully saturated rings. The largest absolute Gasteiger partial charge is 0.462 e. The molecule has 1 unspecified atom stereocenters. The van der Waals surface area contributed by atoms with Crippen molar-refractivity contribution < 1.29 is 28.6 Å². The first kappa shape index (κ1) is 79.3. The third-order valence-electron chi connectivity index (χ3n) is 15.6. The molecule has 6 nitrogen and oxygen atoms in total. The average molecular weight is 1160 g/mol. The molecule has 0 aliphatic rings. The predicted molar refractivity (Wildman–Crippen MR) is 362 cm³/mol. The Balaban J connectivity index is 4.38. The summed E-state index contributed by atoms with van der Waals surface area (Å²) in [5, 5.41) is 0. The van der Waals surface area contributed by atoms with Gasteiger partial charge in [-0.25, -0.2) is 0 Å². The number of allylic oxidation sites excluding steroid dienone is 16. The summed E-state index contributed by atoms with van der Waals surface area (Å²) in [7, 11) is 0. The van der Waals surface area contributed by atoms with Gasteiger partial charge in [0.25, 0.3) is 0 Å². The number of carbonyl (C=O) groups excluding carboxylic acids is 3. The molecule has 0 radical (unpaired) electrons. The minimum atomic E-state index is -0.787. The van der Waals surface area contributed by atoms with Gasteiger partial charge in [-0.3, -0.25) is 14.4 Å². The standard InChI is InChI=1S/C77H134O6/c1-4-7-10-13-16-19-22-25-28-31-33-35-36-37-38-39-40-41-42-43-45-46-49-52-55-58-61-64-67-70-76(79)82-73-74(72-81-75(78)69-66-63-60-57-54-51-48-30-27-24-21-18-15-12-9-6-3)83-77(80)71-68-65-62-59-56-53-50-47-44-34-32-29-26-23-20-17-14-11-8-5-2/h7,10,16,19,25,28,33,35,37-38,40-41,43,45,49,52,74H,4-6,8-9,11-15,17-18,20-24,26-27,29-32,34,36,39,42,44,46-48,50-51,53-73H2,1-3H3/b10-7-,19-16-,28-25-,35-33-,38-37-,41-40-,45-43-,52-49-. The number of hydrogen-bond acceptors (Lipinski definition) is 6. The number of carbonyl (C=O) groups is 3. The van der Waals surface area contributed by atoms with Gasteiger partial charge < -0.3 is 14.2 Å². The summed E-state index contributed by atoms with van der Waals surface area (Å²) in [4.78, 5) is 38.5. The minimum Gasteiger partial charge on any atom is -0.462 e. The highest BCUT2D eigenvalue weighted by Gasteiger charge is 2.19. The first-order chi connectivity index (χ1) is 41.0. The monoisotopic (exact) mass is 1160 g/mol. The molecule has 0 heterocycles. The van der Waals surface area contributed by atoms with Crippen molar-refractivity contribution >= 4 is 17.9 Å². The van der Waals surface area contributed by atoms with Crippen LogP contribution in [0, 0.1) is 0 Å². The molecular formula is C77H134O6. The molecular weight excluding hydrogens is 1020 g/mol. The van der Waals surface area contributed by atoms with Crippen LogP contribution in [-0.4, -0.2) is 37.2 Å². The zero-order chi connectivity index (χ0) is 59.9. The van der Waals surface area contributed by atoms with Gasteiger partial charge in [0.15, 0.2) is 6.10 Å². The molecule has 83 heavy (non-hydrogen) atoms. The Labute approximate surface area is 515 Å². The summed E-state index contributed by atoms with van der Waals surface area (Å²) in [6.07, 6.45) is 95.7. The first-order valence-electron chi connectivity index (χ1n) is 35.7. The van der Waals surface area contributed by atoms with Gasteiger partial charge in [0.2, 0.25) is 0 Å². The molecule has 0 bridgehead atoms. The van der Waals surface area contributed by atoms with Crippen LogP contribution in [0.4, 0.5) is 0 Å². The molecule has 0 aliphatic carbocycles. The zero-order valence-electron chi connectivity index (χ0n) is 54.9. The zero-order valence-corrected chi connectivity index (χ0v) is 54.9. The van der Waals surface area contributed by atoms with E-state index in [1.165, 1.54) is 193 Å². The van der Waals surface area contributed by atoms with E-state index in [2.05, 4.69) is 118 Å². The molecule has 0 aromatic heterocycles. The van der Waals surface area contributed by atoms with Crippen molar-refractivity contribution in [2.24, 2.45) is 0 Å². The van der Waals surface area contributed by atoms with Crippen molar-refractivity contribution in [3.05, 3.63) is 97.2 Å². The van der Waals surface area contributed by atoms with E-state index in [0.717, 1.165) is 122 Å². The molecule has 0 amide bonds. The molecule has 0 aliphatic heterocycles. The van der Waals surface area contributed by atoms with Crippen LogP contribution in [0.15, 0.2) is 97.2 Å². The third-order valence-corrected chi connectivity index (χ3v) is 15.6. The van der Waals surface area contributed by atoms with Crippen LogP contribution in [0.25, 0.3) is 0 Å². The Hall–Kier alpha value is -3.67. The second-order valence-electron chi connectivity index (χ2n) is 23.8. The number of unbranched alkanes of at least 4 members (excludes halogenated alkanes) is 38. The molecule has 0 saturated carbocycles. The fourth-order valence-corrected chi connectivity index (χ4v) is 10.3. The predicted octanol–water partition coefficient (Wildman–Crippen LogP) is 24.8. The van der Waals surface area contributed by atoms with E-state index in [1.807, 2.05) is 0 Å². The van der Waals surface area contributed by atoms with Crippen LogP contribution in [0.1, 0.15) is 355 Å². The highest BCUT2D eigenvalue weighted by atomic mass is 16.6. The Bertz CT molecular complexity index is 1610. The van der Waals surface area contributed by atoms with Gasteiger partial charge >= 0.3 is 17.9 Å². The molecule has 0 rings (SSSR count). The Morgan fingerprint density at radius 1 is 0.253 bits per heavy atom. The van der Waals surface area contributed by atoms with Crippen molar-refractivity contribution in [3.63, 3.8) is 0 Å². The SMILES string of the molecule is CC/C=C\C/C=C\C/C=C\C/C=C\C/C=C\C/C=C\C/C=C\C/C=C\CCCCCCC(=O)OCC(COC(=O)CCCCCCCCCCCCCCCCCC)OC(=O)CCCCCCCCCCCCCCCCCCCCCC. The maximum atomic E-state index is 13.0. The number of ether oxygens (including phenoxy) is 3. The lowest BCUT2D eigenvalue weighted by Gasteiger charge is -2.18. The van der Waals surface area contributed by atoms with E-state index < -0.39 is 6.10 Å². The van der Waals surface area contributed by atoms with Gasteiger partial charge in [0, 0.05) is 19.3 Å². The quantitative estimate of drug-likeness (QED) is 0.0261. The fraction of sp³-hybridized carbons (Fsp3) is 0.753. The van der Waals surface area contributed by atoms with Gasteiger partial charge in [-0.15, -0.1) is 0 Å². The second-order valence-corrected chi connectivity index (χ2v) is 23.8. The molecule has 0 spiro atoms. The van der Waals surface area contributed by atoms with Crippen molar-refractivity contribution in [2.45, 2.75) is 361 Å². The topological polar surface area (TPSA) is 78.9 Å². The summed E-state index contributed by atoms with van der Waals surface area (Å²) in [5.74, 6) is -0.886. The summed E-state index contributed by atoms with van der Waals surface area (Å²) in [6.45, 7) is 6.56. The van der Waals surface area contributed by atoms with Crippen molar-refractivity contribution in [1.82, 2.24) is 0 Å². The number of rotatable bonds is 65. The Morgan fingerprint density at radius 2 is 0.470 bits per heavy atom. The maximum absolute atomic E-state index is 13.0. The van der Waals surface area contributed by atoms with Crippen LogP contribution in [0.5, 0.6) is 0 Å². The lowest BCUT2D eigenvalue weighted by Crippen LogP contribution is -2.30. The van der Waals surface area contributed by atoms with Gasteiger partial charge in [-0.2, -0.15) is 0 Å². The van der Waals surface area contributed by atoms with Crippen LogP contribution < -0.4 is 0 Å². The fourth-order valence-electron chi connectivity index (χ4n) is 10.3. The molecule has 1 atom stereocenters. The van der Waals surface area contributed by atoms with E-state index in [4.69, 9.17) is 14.2 Å². The van der Waals surface area contributed by atoms with E-state index >= 15 is 0 Å². The lowest BCUT2D eigenvalue weighted by atomic mass is 10.0. The van der Waals surface area contributed by atoms with Crippen molar-refractivity contribution in [2.75, 3.05) is 13.2 Å². The minimum absolute atomic E-state index is 0.0806. The second kappa shape index (κ2) is 70.8. The highest BCUT2D eigenvalue weighted by Crippen LogP contribution is 2.18. The van der Waals surface area contributed by atoms with E-state index in [-0.39, 0.29) is 31.1 Å². The smallest absolute Gasteiger partial charge is 0.306 e. The van der Waals surface area contributed by atoms with E-state index in [1.54, 1.807) is 0 Å². The molecule has 0 N–H and O–H groups in total. The van der Waals surface area contributed by atoms with Crippen LogP contribution in [0.3, 0.4) is 0 Å². The first-order valence-corrected chi connectivity index (χ1v) is 35.7. The van der Waals surface area contributed by atoms with Crippen LogP contribution in [-0.2, 0) is 28.6 Å². The summed E-state index contributed by atoms with van der Waals surface area (Å²) < 4.78 is 17.0. The van der Waals surface area contributed by atoms with Crippen molar-refractivity contribution in [3.8, 4) is 0 Å². The molecule has 0 saturated heterocycles. The van der Waals surface area contributed by atoms with Gasteiger partial charge in [-0.05, 0) is 83.5 Å². The number of hydrogen-bond donors (Lipinski definition) is 0. The van der Waals surface area contributed by atoms with Gasteiger partial charge in [0.05, 0.1) is 0 Å². The van der Waals surface area contributed by atoms with Crippen LogP contribution >= 0.6 is 0 Å². The maximum Gasteiger partial charge on any atom is 0.306 e. The molecule has 6 heteroatoms.